The van der Waals surface area contributed by atoms with Crippen molar-refractivity contribution in [2.45, 2.75) is 3.79 Å². The first-order chi connectivity index (χ1) is 11.4. The predicted molar refractivity (Wildman–Crippen MR) is 94.9 cm³/mol. The third-order valence-corrected chi connectivity index (χ3v) is 4.36. The highest BCUT2D eigenvalue weighted by atomic mass is 35.6. The van der Waals surface area contributed by atoms with Crippen LogP contribution in [0.5, 0.6) is 0 Å². The van der Waals surface area contributed by atoms with E-state index >= 15 is 0 Å². The Morgan fingerprint density at radius 1 is 1.08 bits per heavy atom. The van der Waals surface area contributed by atoms with Crippen molar-refractivity contribution in [1.82, 2.24) is 19.7 Å². The number of hydrogen-bond acceptors (Lipinski definition) is 5. The minimum Gasteiger partial charge on any atom is -0.397 e. The molecule has 128 valence electrons. The summed E-state index contributed by atoms with van der Waals surface area (Å²) in [5.41, 5.74) is 8.61. The van der Waals surface area contributed by atoms with Crippen LogP contribution >= 0.6 is 34.8 Å². The first kappa shape index (κ1) is 17.1. The van der Waals surface area contributed by atoms with E-state index in [1.54, 1.807) is 22.1 Å². The van der Waals surface area contributed by atoms with Gasteiger partial charge >= 0.3 is 0 Å². The van der Waals surface area contributed by atoms with Crippen LogP contribution in [-0.2, 0) is 4.79 Å². The fraction of sp³-hybridized carbons (Fsp3) is 0.357. The number of hydrogen-bond donors (Lipinski definition) is 1. The van der Waals surface area contributed by atoms with Crippen molar-refractivity contribution in [1.29, 1.82) is 0 Å². The minimum absolute atomic E-state index is 0.472. The molecule has 24 heavy (non-hydrogen) atoms. The van der Waals surface area contributed by atoms with Gasteiger partial charge in [-0.15, -0.1) is 10.2 Å². The molecule has 10 heteroatoms. The standard InChI is InChI=1S/C14H15Cl3N6O/c15-14(16,17)13(24)22-5-3-21(4-6-22)12-2-1-10(7-11(12)18)23-8-19-20-9-23/h1-2,7-9H,3-6,18H2. The van der Waals surface area contributed by atoms with Crippen LogP contribution in [0.1, 0.15) is 0 Å². The molecule has 2 N–H and O–H groups in total. The SMILES string of the molecule is Nc1cc(-n2cnnc2)ccc1N1CCN(C(=O)C(Cl)(Cl)Cl)CC1. The third-order valence-electron chi connectivity index (χ3n) is 3.88. The molecule has 1 aliphatic rings. The molecule has 1 amide bonds. The van der Waals surface area contributed by atoms with E-state index in [4.69, 9.17) is 40.5 Å². The maximum atomic E-state index is 12.0. The van der Waals surface area contributed by atoms with Crippen molar-refractivity contribution in [2.24, 2.45) is 0 Å². The molecule has 1 fully saturated rings. The quantitative estimate of drug-likeness (QED) is 0.626. The molecule has 3 rings (SSSR count). The van der Waals surface area contributed by atoms with Crippen LogP contribution in [-0.4, -0.2) is 55.5 Å². The lowest BCUT2D eigenvalue weighted by Gasteiger charge is -2.37. The third kappa shape index (κ3) is 3.53. The molecule has 0 bridgehead atoms. The molecule has 0 unspecified atom stereocenters. The molecular weight excluding hydrogens is 375 g/mol. The summed E-state index contributed by atoms with van der Waals surface area (Å²) in [6, 6.07) is 5.74. The van der Waals surface area contributed by atoms with Crippen LogP contribution < -0.4 is 10.6 Å². The van der Waals surface area contributed by atoms with E-state index < -0.39 is 9.70 Å². The highest BCUT2D eigenvalue weighted by molar-refractivity contribution is 6.76. The summed E-state index contributed by atoms with van der Waals surface area (Å²) >= 11 is 17.0. The minimum atomic E-state index is -1.91. The van der Waals surface area contributed by atoms with Crippen molar-refractivity contribution in [3.05, 3.63) is 30.9 Å². The molecule has 1 aromatic heterocycles. The second-order valence-electron chi connectivity index (χ2n) is 5.39. The van der Waals surface area contributed by atoms with E-state index in [2.05, 4.69) is 15.1 Å². The molecule has 1 aliphatic heterocycles. The molecule has 2 heterocycles. The van der Waals surface area contributed by atoms with Gasteiger partial charge in [0.25, 0.3) is 9.70 Å². The van der Waals surface area contributed by atoms with Gasteiger partial charge in [-0.2, -0.15) is 0 Å². The van der Waals surface area contributed by atoms with Gasteiger partial charge in [0.15, 0.2) is 0 Å². The first-order valence-corrected chi connectivity index (χ1v) is 8.35. The van der Waals surface area contributed by atoms with E-state index in [0.29, 0.717) is 31.9 Å². The Kier molecular flexibility index (Phi) is 4.76. The number of amides is 1. The molecule has 0 radical (unpaired) electrons. The van der Waals surface area contributed by atoms with Gasteiger partial charge in [-0.25, -0.2) is 0 Å². The number of nitrogens with two attached hydrogens (primary N) is 1. The molecule has 0 aliphatic carbocycles. The number of nitrogen functional groups attached to an aromatic ring is 1. The Hall–Kier alpha value is -1.70. The van der Waals surface area contributed by atoms with Crippen molar-refractivity contribution in [3.63, 3.8) is 0 Å². The van der Waals surface area contributed by atoms with E-state index in [0.717, 1.165) is 11.4 Å². The Labute approximate surface area is 153 Å². The number of carbonyl (C=O) groups excluding carboxylic acids is 1. The second kappa shape index (κ2) is 6.66. The molecule has 1 saturated heterocycles. The summed E-state index contributed by atoms with van der Waals surface area (Å²) in [6.45, 7) is 2.17. The van der Waals surface area contributed by atoms with E-state index in [9.17, 15) is 4.79 Å². The zero-order valence-corrected chi connectivity index (χ0v) is 14.8. The zero-order chi connectivity index (χ0) is 17.3. The van der Waals surface area contributed by atoms with Gasteiger partial charge in [-0.05, 0) is 18.2 Å². The zero-order valence-electron chi connectivity index (χ0n) is 12.6. The summed E-state index contributed by atoms with van der Waals surface area (Å²) < 4.78 is -0.139. The Morgan fingerprint density at radius 2 is 1.71 bits per heavy atom. The smallest absolute Gasteiger partial charge is 0.274 e. The summed E-state index contributed by atoms with van der Waals surface area (Å²) in [5.74, 6) is -0.497. The van der Waals surface area contributed by atoms with Crippen molar-refractivity contribution >= 4 is 52.1 Å². The van der Waals surface area contributed by atoms with Crippen LogP contribution in [0.4, 0.5) is 11.4 Å². The van der Waals surface area contributed by atoms with E-state index in [1.807, 2.05) is 18.2 Å². The van der Waals surface area contributed by atoms with Crippen LogP contribution in [0.15, 0.2) is 30.9 Å². The molecule has 0 saturated carbocycles. The lowest BCUT2D eigenvalue weighted by Crippen LogP contribution is -2.51. The van der Waals surface area contributed by atoms with Crippen molar-refractivity contribution < 1.29 is 4.79 Å². The van der Waals surface area contributed by atoms with Crippen LogP contribution in [0.2, 0.25) is 0 Å². The van der Waals surface area contributed by atoms with Gasteiger partial charge in [0.2, 0.25) is 0 Å². The number of piperazine rings is 1. The number of aromatic nitrogens is 3. The normalized spacial score (nSPS) is 15.6. The molecule has 0 spiro atoms. The van der Waals surface area contributed by atoms with Gasteiger partial charge in [0.05, 0.1) is 17.1 Å². The lowest BCUT2D eigenvalue weighted by atomic mass is 10.2. The number of nitrogens with zero attached hydrogens (tertiary/aromatic N) is 5. The number of halogens is 3. The fourth-order valence-corrected chi connectivity index (χ4v) is 3.01. The molecule has 0 atom stereocenters. The maximum absolute atomic E-state index is 12.0. The largest absolute Gasteiger partial charge is 0.397 e. The number of benzene rings is 1. The second-order valence-corrected chi connectivity index (χ2v) is 7.67. The van der Waals surface area contributed by atoms with Crippen LogP contribution in [0.3, 0.4) is 0 Å². The number of rotatable bonds is 2. The molecule has 1 aromatic carbocycles. The fourth-order valence-electron chi connectivity index (χ4n) is 2.65. The number of alkyl halides is 3. The highest BCUT2D eigenvalue weighted by Crippen LogP contribution is 2.30. The van der Waals surface area contributed by atoms with Crippen LogP contribution in [0, 0.1) is 0 Å². The molecular formula is C14H15Cl3N6O. The van der Waals surface area contributed by atoms with Gasteiger partial charge in [0, 0.05) is 26.2 Å². The Bertz CT molecular complexity index is 723. The Balaban J connectivity index is 1.70. The Morgan fingerprint density at radius 3 is 2.25 bits per heavy atom. The maximum Gasteiger partial charge on any atom is 0.274 e. The van der Waals surface area contributed by atoms with Gasteiger partial charge in [-0.1, -0.05) is 34.8 Å². The average molecular weight is 390 g/mol. The summed E-state index contributed by atoms with van der Waals surface area (Å²) in [4.78, 5) is 15.6. The van der Waals surface area contributed by atoms with Crippen LogP contribution in [0.25, 0.3) is 5.69 Å². The summed E-state index contributed by atoms with van der Waals surface area (Å²) in [6.07, 6.45) is 3.21. The first-order valence-electron chi connectivity index (χ1n) is 7.22. The predicted octanol–water partition coefficient (Wildman–Crippen LogP) is 1.87. The van der Waals surface area contributed by atoms with Crippen molar-refractivity contribution in [3.8, 4) is 5.69 Å². The summed E-state index contributed by atoms with van der Waals surface area (Å²) in [5, 5.41) is 7.55. The topological polar surface area (TPSA) is 80.3 Å². The number of anilines is 2. The van der Waals surface area contributed by atoms with E-state index in [-0.39, 0.29) is 0 Å². The average Bonchev–Trinajstić information content (AvgIpc) is 3.08. The summed E-state index contributed by atoms with van der Waals surface area (Å²) in [7, 11) is 0. The highest BCUT2D eigenvalue weighted by Gasteiger charge is 2.36. The van der Waals surface area contributed by atoms with Crippen molar-refractivity contribution in [2.75, 3.05) is 36.8 Å². The van der Waals surface area contributed by atoms with E-state index in [1.165, 1.54) is 0 Å². The van der Waals surface area contributed by atoms with Gasteiger partial charge in [0.1, 0.15) is 12.7 Å². The molecule has 7 nitrogen and oxygen atoms in total. The van der Waals surface area contributed by atoms with Gasteiger partial charge < -0.3 is 15.5 Å². The lowest BCUT2D eigenvalue weighted by molar-refractivity contribution is -0.130. The molecule has 2 aromatic rings. The number of carbonyl (C=O) groups is 1. The monoisotopic (exact) mass is 388 g/mol. The van der Waals surface area contributed by atoms with Gasteiger partial charge in [-0.3, -0.25) is 9.36 Å².